The number of thioether (sulfide) groups is 1. The topological polar surface area (TPSA) is 55.8 Å². The van der Waals surface area contributed by atoms with Gasteiger partial charge in [-0.2, -0.15) is 0 Å². The number of aryl methyl sites for hydroxylation is 1. The van der Waals surface area contributed by atoms with Crippen LogP contribution in [0.1, 0.15) is 24.8 Å². The number of benzene rings is 1. The Kier molecular flexibility index (Phi) is 2.66. The van der Waals surface area contributed by atoms with Crippen molar-refractivity contribution in [2.75, 3.05) is 6.79 Å². The molecule has 0 aromatic heterocycles. The molecule has 1 heterocycles. The molecule has 4 nitrogen and oxygen atoms in total. The third-order valence-electron chi connectivity index (χ3n) is 3.53. The fourth-order valence-electron chi connectivity index (χ4n) is 2.20. The molecule has 1 aromatic rings. The SMILES string of the molecule is Cc1cc2c(cc1SC1(C(=O)O)CCC1)OCO2. The molecule has 0 saturated heterocycles. The van der Waals surface area contributed by atoms with Gasteiger partial charge in [0.15, 0.2) is 11.5 Å². The van der Waals surface area contributed by atoms with Crippen LogP contribution in [-0.2, 0) is 4.79 Å². The summed E-state index contributed by atoms with van der Waals surface area (Å²) in [6.45, 7) is 2.21. The van der Waals surface area contributed by atoms with Gasteiger partial charge in [0.2, 0.25) is 6.79 Å². The van der Waals surface area contributed by atoms with Crippen LogP contribution in [0.15, 0.2) is 17.0 Å². The molecule has 18 heavy (non-hydrogen) atoms. The van der Waals surface area contributed by atoms with Crippen molar-refractivity contribution >= 4 is 17.7 Å². The van der Waals surface area contributed by atoms with E-state index >= 15 is 0 Å². The molecule has 0 amide bonds. The van der Waals surface area contributed by atoms with Crippen molar-refractivity contribution in [2.24, 2.45) is 0 Å². The van der Waals surface area contributed by atoms with Crippen LogP contribution >= 0.6 is 11.8 Å². The second kappa shape index (κ2) is 4.09. The van der Waals surface area contributed by atoms with Crippen molar-refractivity contribution in [3.05, 3.63) is 17.7 Å². The normalized spacial score (nSPS) is 19.4. The van der Waals surface area contributed by atoms with Crippen LogP contribution in [0.25, 0.3) is 0 Å². The van der Waals surface area contributed by atoms with Crippen LogP contribution in [0.5, 0.6) is 11.5 Å². The zero-order chi connectivity index (χ0) is 12.8. The summed E-state index contributed by atoms with van der Waals surface area (Å²) in [6.07, 6.45) is 2.46. The van der Waals surface area contributed by atoms with E-state index in [2.05, 4.69) is 0 Å². The van der Waals surface area contributed by atoms with E-state index in [-0.39, 0.29) is 6.79 Å². The lowest BCUT2D eigenvalue weighted by Crippen LogP contribution is -2.41. The Morgan fingerprint density at radius 3 is 2.56 bits per heavy atom. The number of carbonyl (C=O) groups is 1. The summed E-state index contributed by atoms with van der Waals surface area (Å²) in [6, 6.07) is 3.81. The molecule has 5 heteroatoms. The first-order valence-corrected chi connectivity index (χ1v) is 6.75. The summed E-state index contributed by atoms with van der Waals surface area (Å²) < 4.78 is 10.0. The van der Waals surface area contributed by atoms with E-state index in [9.17, 15) is 9.90 Å². The molecular weight excluding hydrogens is 252 g/mol. The van der Waals surface area contributed by atoms with Crippen molar-refractivity contribution in [2.45, 2.75) is 35.8 Å². The van der Waals surface area contributed by atoms with E-state index in [0.29, 0.717) is 5.75 Å². The second-order valence-corrected chi connectivity index (χ2v) is 6.15. The average molecular weight is 266 g/mol. The van der Waals surface area contributed by atoms with E-state index in [1.165, 1.54) is 11.8 Å². The highest BCUT2D eigenvalue weighted by molar-refractivity contribution is 8.01. The minimum atomic E-state index is -0.712. The van der Waals surface area contributed by atoms with E-state index < -0.39 is 10.7 Å². The first-order valence-electron chi connectivity index (χ1n) is 5.93. The minimum absolute atomic E-state index is 0.243. The van der Waals surface area contributed by atoms with Gasteiger partial charge in [-0.1, -0.05) is 0 Å². The lowest BCUT2D eigenvalue weighted by atomic mass is 9.84. The molecule has 3 rings (SSSR count). The van der Waals surface area contributed by atoms with Crippen molar-refractivity contribution in [1.82, 2.24) is 0 Å². The van der Waals surface area contributed by atoms with E-state index in [4.69, 9.17) is 9.47 Å². The molecule has 1 saturated carbocycles. The van der Waals surface area contributed by atoms with E-state index in [0.717, 1.165) is 35.5 Å². The molecule has 1 fully saturated rings. The molecule has 1 aliphatic heterocycles. The first kappa shape index (κ1) is 11.7. The number of ether oxygens (including phenoxy) is 2. The molecule has 2 aliphatic rings. The fourth-order valence-corrected chi connectivity index (χ4v) is 3.59. The number of carboxylic acid groups (broad SMARTS) is 1. The molecule has 96 valence electrons. The van der Waals surface area contributed by atoms with Gasteiger partial charge < -0.3 is 14.6 Å². The van der Waals surface area contributed by atoms with Gasteiger partial charge in [-0.15, -0.1) is 11.8 Å². The zero-order valence-electron chi connectivity index (χ0n) is 10.1. The predicted octanol–water partition coefficient (Wildman–Crippen LogP) is 2.82. The van der Waals surface area contributed by atoms with Gasteiger partial charge in [0.05, 0.1) is 0 Å². The number of aliphatic carboxylic acids is 1. The summed E-state index contributed by atoms with van der Waals surface area (Å²) in [5, 5.41) is 9.35. The van der Waals surface area contributed by atoms with Crippen molar-refractivity contribution in [1.29, 1.82) is 0 Å². The summed E-state index contributed by atoms with van der Waals surface area (Å²) in [7, 11) is 0. The van der Waals surface area contributed by atoms with Crippen LogP contribution < -0.4 is 9.47 Å². The monoisotopic (exact) mass is 266 g/mol. The lowest BCUT2D eigenvalue weighted by molar-refractivity contribution is -0.142. The van der Waals surface area contributed by atoms with Crippen LogP contribution in [0.4, 0.5) is 0 Å². The van der Waals surface area contributed by atoms with Gasteiger partial charge in [-0.3, -0.25) is 4.79 Å². The lowest BCUT2D eigenvalue weighted by Gasteiger charge is -2.37. The number of hydrogen-bond acceptors (Lipinski definition) is 4. The minimum Gasteiger partial charge on any atom is -0.480 e. The van der Waals surface area contributed by atoms with Gasteiger partial charge in [0, 0.05) is 4.90 Å². The van der Waals surface area contributed by atoms with Crippen LogP contribution in [0.2, 0.25) is 0 Å². The third-order valence-corrected chi connectivity index (χ3v) is 5.16. The quantitative estimate of drug-likeness (QED) is 0.911. The highest BCUT2D eigenvalue weighted by atomic mass is 32.2. The average Bonchev–Trinajstić information content (AvgIpc) is 2.69. The molecule has 0 radical (unpaired) electrons. The zero-order valence-corrected chi connectivity index (χ0v) is 10.9. The van der Waals surface area contributed by atoms with Crippen molar-refractivity contribution < 1.29 is 19.4 Å². The second-order valence-electron chi connectivity index (χ2n) is 4.73. The molecule has 0 unspecified atom stereocenters. The van der Waals surface area contributed by atoms with E-state index in [1.54, 1.807) is 0 Å². The van der Waals surface area contributed by atoms with Crippen LogP contribution in [0, 0.1) is 6.92 Å². The maximum absolute atomic E-state index is 11.4. The number of rotatable bonds is 3. The molecule has 1 aliphatic carbocycles. The Balaban J connectivity index is 1.91. The highest BCUT2D eigenvalue weighted by Gasteiger charge is 2.45. The summed E-state index contributed by atoms with van der Waals surface area (Å²) in [5.74, 6) is 0.744. The smallest absolute Gasteiger partial charge is 0.320 e. The summed E-state index contributed by atoms with van der Waals surface area (Å²) >= 11 is 1.44. The van der Waals surface area contributed by atoms with Gasteiger partial charge >= 0.3 is 5.97 Å². The van der Waals surface area contributed by atoms with Crippen LogP contribution in [0.3, 0.4) is 0 Å². The molecule has 1 aromatic carbocycles. The Labute approximate surface area is 109 Å². The van der Waals surface area contributed by atoms with Gasteiger partial charge in [0.1, 0.15) is 4.75 Å². The number of fused-ring (bicyclic) bond motifs is 1. The largest absolute Gasteiger partial charge is 0.480 e. The maximum atomic E-state index is 11.4. The Morgan fingerprint density at radius 1 is 1.33 bits per heavy atom. The molecule has 0 bridgehead atoms. The summed E-state index contributed by atoms with van der Waals surface area (Å²) in [5.41, 5.74) is 1.04. The first-order chi connectivity index (χ1) is 8.61. The number of carboxylic acids is 1. The Morgan fingerprint density at radius 2 is 2.00 bits per heavy atom. The van der Waals surface area contributed by atoms with E-state index in [1.807, 2.05) is 19.1 Å². The van der Waals surface area contributed by atoms with Crippen molar-refractivity contribution in [3.8, 4) is 11.5 Å². The number of hydrogen-bond donors (Lipinski definition) is 1. The molecule has 0 atom stereocenters. The van der Waals surface area contributed by atoms with Crippen molar-refractivity contribution in [3.63, 3.8) is 0 Å². The van der Waals surface area contributed by atoms with Crippen LogP contribution in [-0.4, -0.2) is 22.6 Å². The Bertz CT molecular complexity index is 508. The fraction of sp³-hybridized carbons (Fsp3) is 0.462. The predicted molar refractivity (Wildman–Crippen MR) is 67.4 cm³/mol. The van der Waals surface area contributed by atoms with Gasteiger partial charge in [-0.25, -0.2) is 0 Å². The molecule has 0 spiro atoms. The molecule has 1 N–H and O–H groups in total. The Hall–Kier alpha value is -1.36. The third kappa shape index (κ3) is 1.73. The molecular formula is C13H14O4S. The summed E-state index contributed by atoms with van der Waals surface area (Å²) in [4.78, 5) is 12.3. The maximum Gasteiger partial charge on any atom is 0.320 e. The standard InChI is InChI=1S/C13H14O4S/c1-8-5-9-10(17-7-16-9)6-11(8)18-13(12(14)15)3-2-4-13/h5-6H,2-4,7H2,1H3,(H,14,15). The van der Waals surface area contributed by atoms with Gasteiger partial charge in [-0.05, 0) is 43.9 Å². The van der Waals surface area contributed by atoms with Gasteiger partial charge in [0.25, 0.3) is 0 Å². The highest BCUT2D eigenvalue weighted by Crippen LogP contribution is 2.50.